The second-order valence-electron chi connectivity index (χ2n) is 5.09. The molecule has 0 saturated heterocycles. The highest BCUT2D eigenvalue weighted by Gasteiger charge is 2.06. The van der Waals surface area contributed by atoms with Gasteiger partial charge in [-0.25, -0.2) is 9.59 Å². The number of oxime groups is 2. The van der Waals surface area contributed by atoms with Gasteiger partial charge in [0.25, 0.3) is 0 Å². The minimum absolute atomic E-state index is 0.278. The molecule has 2 aromatic rings. The van der Waals surface area contributed by atoms with Crippen molar-refractivity contribution in [3.63, 3.8) is 0 Å². The Bertz CT molecular complexity index is 735. The predicted octanol–water partition coefficient (Wildman–Crippen LogP) is 4.24. The number of hydrogen-bond acceptors (Lipinski definition) is 6. The Morgan fingerprint density at radius 3 is 1.38 bits per heavy atom. The molecule has 0 atom stereocenters. The Morgan fingerprint density at radius 1 is 0.692 bits per heavy atom. The normalized spacial score (nSPS) is 11.5. The lowest BCUT2D eigenvalue weighted by Gasteiger charge is -2.04. The van der Waals surface area contributed by atoms with Gasteiger partial charge < -0.3 is 0 Å². The molecule has 8 nitrogen and oxygen atoms in total. The van der Waals surface area contributed by atoms with Gasteiger partial charge in [-0.1, -0.05) is 46.7 Å². The third-order valence-electron chi connectivity index (χ3n) is 3.09. The van der Waals surface area contributed by atoms with Crippen molar-refractivity contribution in [2.24, 2.45) is 10.3 Å². The van der Waals surface area contributed by atoms with Crippen LogP contribution in [0.1, 0.15) is 13.8 Å². The van der Waals surface area contributed by atoms with E-state index in [4.69, 9.17) is 9.68 Å². The molecule has 0 aromatic heterocycles. The number of carbonyl (C=O) groups excluding carboxylic acids is 2. The number of para-hydroxylation sites is 2. The summed E-state index contributed by atoms with van der Waals surface area (Å²) in [5.41, 5.74) is 1.72. The molecule has 2 rings (SSSR count). The smallest absolute Gasteiger partial charge is 0.297 e. The molecule has 0 fully saturated rings. The van der Waals surface area contributed by atoms with Gasteiger partial charge in [-0.15, -0.1) is 0 Å². The first-order chi connectivity index (χ1) is 12.5. The van der Waals surface area contributed by atoms with E-state index in [1.807, 2.05) is 12.1 Å². The average Bonchev–Trinajstić information content (AvgIpc) is 2.65. The summed E-state index contributed by atoms with van der Waals surface area (Å²) in [5, 5.41) is 12.3. The van der Waals surface area contributed by atoms with Gasteiger partial charge in [0.1, 0.15) is 11.4 Å². The quantitative estimate of drug-likeness (QED) is 0.476. The Hall–Kier alpha value is -3.68. The van der Waals surface area contributed by atoms with Gasteiger partial charge in [0.05, 0.1) is 0 Å². The second kappa shape index (κ2) is 9.58. The topological polar surface area (TPSA) is 101 Å². The Balaban J connectivity index is 1.82. The van der Waals surface area contributed by atoms with E-state index in [1.165, 1.54) is 0 Å². The highest BCUT2D eigenvalue weighted by molar-refractivity contribution is 6.40. The SMILES string of the molecule is CC(=NOC(=O)Nc1ccccc1)C(C)=NOC(=O)Nc1ccccc1. The third kappa shape index (κ3) is 6.44. The zero-order valence-corrected chi connectivity index (χ0v) is 14.3. The standard InChI is InChI=1S/C18H18N4O4/c1-13(21-25-17(23)19-15-9-5-3-6-10-15)14(2)22-26-18(24)20-16-11-7-4-8-12-16/h3-12H,1-2H3,(H,19,23)(H,20,24). The van der Waals surface area contributed by atoms with Crippen molar-refractivity contribution in [1.82, 2.24) is 0 Å². The summed E-state index contributed by atoms with van der Waals surface area (Å²) >= 11 is 0. The van der Waals surface area contributed by atoms with Gasteiger partial charge in [0, 0.05) is 11.4 Å². The molecule has 2 amide bonds. The number of anilines is 2. The van der Waals surface area contributed by atoms with E-state index < -0.39 is 12.2 Å². The molecular weight excluding hydrogens is 336 g/mol. The van der Waals surface area contributed by atoms with Crippen molar-refractivity contribution in [3.8, 4) is 0 Å². The van der Waals surface area contributed by atoms with Crippen LogP contribution in [0.4, 0.5) is 21.0 Å². The van der Waals surface area contributed by atoms with E-state index in [-0.39, 0.29) is 11.4 Å². The summed E-state index contributed by atoms with van der Waals surface area (Å²) in [7, 11) is 0. The summed E-state index contributed by atoms with van der Waals surface area (Å²) in [6.45, 7) is 3.13. The first-order valence-electron chi connectivity index (χ1n) is 7.70. The van der Waals surface area contributed by atoms with Crippen LogP contribution >= 0.6 is 0 Å². The van der Waals surface area contributed by atoms with Crippen molar-refractivity contribution in [1.29, 1.82) is 0 Å². The van der Waals surface area contributed by atoms with Crippen molar-refractivity contribution in [2.45, 2.75) is 13.8 Å². The highest BCUT2D eigenvalue weighted by atomic mass is 16.7. The van der Waals surface area contributed by atoms with Gasteiger partial charge >= 0.3 is 12.2 Å². The van der Waals surface area contributed by atoms with Gasteiger partial charge in [-0.3, -0.25) is 20.3 Å². The minimum atomic E-state index is -0.744. The van der Waals surface area contributed by atoms with Crippen molar-refractivity contribution in [3.05, 3.63) is 60.7 Å². The Morgan fingerprint density at radius 2 is 1.04 bits per heavy atom. The van der Waals surface area contributed by atoms with Gasteiger partial charge in [-0.05, 0) is 38.1 Å². The monoisotopic (exact) mass is 354 g/mol. The lowest BCUT2D eigenvalue weighted by Crippen LogP contribution is -2.15. The van der Waals surface area contributed by atoms with Crippen LogP contribution in [0, 0.1) is 0 Å². The molecule has 0 spiro atoms. The molecule has 0 aliphatic rings. The Kier molecular flexibility index (Phi) is 6.87. The van der Waals surface area contributed by atoms with Crippen LogP contribution < -0.4 is 10.6 Å². The van der Waals surface area contributed by atoms with E-state index in [0.717, 1.165) is 0 Å². The van der Waals surface area contributed by atoms with Crippen LogP contribution in [0.3, 0.4) is 0 Å². The summed E-state index contributed by atoms with van der Waals surface area (Å²) in [6.07, 6.45) is -1.49. The first-order valence-corrected chi connectivity index (χ1v) is 7.70. The summed E-state index contributed by atoms with van der Waals surface area (Å²) in [6, 6.07) is 17.6. The first kappa shape index (κ1) is 18.7. The number of amides is 2. The van der Waals surface area contributed by atoms with E-state index >= 15 is 0 Å². The lowest BCUT2D eigenvalue weighted by molar-refractivity contribution is 0.164. The number of benzene rings is 2. The number of carbonyl (C=O) groups is 2. The highest BCUT2D eigenvalue weighted by Crippen LogP contribution is 2.06. The van der Waals surface area contributed by atoms with Crippen LogP contribution in [-0.4, -0.2) is 23.6 Å². The van der Waals surface area contributed by atoms with Gasteiger partial charge in [0.2, 0.25) is 0 Å². The maximum absolute atomic E-state index is 11.6. The summed E-state index contributed by atoms with van der Waals surface area (Å²) < 4.78 is 0. The maximum atomic E-state index is 11.6. The molecule has 0 bridgehead atoms. The van der Waals surface area contributed by atoms with E-state index in [2.05, 4.69) is 20.9 Å². The molecule has 0 unspecified atom stereocenters. The lowest BCUT2D eigenvalue weighted by atomic mass is 10.3. The molecule has 8 heteroatoms. The minimum Gasteiger partial charge on any atom is -0.297 e. The molecule has 134 valence electrons. The van der Waals surface area contributed by atoms with Gasteiger partial charge in [0.15, 0.2) is 0 Å². The second-order valence-corrected chi connectivity index (χ2v) is 5.09. The molecule has 0 aliphatic heterocycles. The van der Waals surface area contributed by atoms with E-state index in [0.29, 0.717) is 11.4 Å². The fourth-order valence-corrected chi connectivity index (χ4v) is 1.68. The van der Waals surface area contributed by atoms with Crippen LogP contribution in [-0.2, 0) is 9.68 Å². The summed E-state index contributed by atoms with van der Waals surface area (Å²) in [5.74, 6) is 0. The molecule has 0 aliphatic carbocycles. The largest absolute Gasteiger partial charge is 0.437 e. The molecule has 0 radical (unpaired) electrons. The molecule has 0 heterocycles. The molecule has 2 aromatic carbocycles. The molecule has 2 N–H and O–H groups in total. The fraction of sp³-hybridized carbons (Fsp3) is 0.111. The van der Waals surface area contributed by atoms with Crippen LogP contribution in [0.25, 0.3) is 0 Å². The number of nitrogens with one attached hydrogen (secondary N) is 2. The van der Waals surface area contributed by atoms with Crippen molar-refractivity contribution < 1.29 is 19.3 Å². The summed E-state index contributed by atoms with van der Waals surface area (Å²) in [4.78, 5) is 32.7. The average molecular weight is 354 g/mol. The maximum Gasteiger partial charge on any atom is 0.437 e. The number of nitrogens with zero attached hydrogens (tertiary/aromatic N) is 2. The number of rotatable bonds is 5. The van der Waals surface area contributed by atoms with Crippen LogP contribution in [0.2, 0.25) is 0 Å². The third-order valence-corrected chi connectivity index (χ3v) is 3.09. The predicted molar refractivity (Wildman–Crippen MR) is 99.3 cm³/mol. The fourth-order valence-electron chi connectivity index (χ4n) is 1.68. The number of hydrogen-bond donors (Lipinski definition) is 2. The molecule has 26 heavy (non-hydrogen) atoms. The van der Waals surface area contributed by atoms with Crippen molar-refractivity contribution in [2.75, 3.05) is 10.6 Å². The molecular formula is C18H18N4O4. The zero-order chi connectivity index (χ0) is 18.8. The molecule has 0 saturated carbocycles. The van der Waals surface area contributed by atoms with E-state index in [1.54, 1.807) is 62.4 Å². The van der Waals surface area contributed by atoms with Crippen molar-refractivity contribution >= 4 is 35.0 Å². The van der Waals surface area contributed by atoms with Gasteiger partial charge in [-0.2, -0.15) is 0 Å². The van der Waals surface area contributed by atoms with E-state index in [9.17, 15) is 9.59 Å². The zero-order valence-electron chi connectivity index (χ0n) is 14.3. The van der Waals surface area contributed by atoms with Crippen LogP contribution in [0.5, 0.6) is 0 Å². The van der Waals surface area contributed by atoms with Crippen LogP contribution in [0.15, 0.2) is 71.0 Å². The Labute approximate surface area is 150 Å².